The highest BCUT2D eigenvalue weighted by Gasteiger charge is 2.34. The van der Waals surface area contributed by atoms with Crippen molar-refractivity contribution in [3.63, 3.8) is 0 Å². The Morgan fingerprint density at radius 2 is 2.18 bits per heavy atom. The van der Waals surface area contributed by atoms with E-state index in [0.717, 1.165) is 51.0 Å². The summed E-state index contributed by atoms with van der Waals surface area (Å²) in [7, 11) is 1.95. The standard InChI is InChI=1S/C13H25N3O/c1-11-8-12(11)9-15(2)13(17)10-16-6-3-4-14-5-7-16/h11-12,14H,3-10H2,1-2H3. The molecule has 0 aromatic carbocycles. The molecule has 0 spiro atoms. The summed E-state index contributed by atoms with van der Waals surface area (Å²) in [6.45, 7) is 7.96. The van der Waals surface area contributed by atoms with E-state index in [-0.39, 0.29) is 5.91 Å². The van der Waals surface area contributed by atoms with Gasteiger partial charge in [-0.25, -0.2) is 0 Å². The van der Waals surface area contributed by atoms with E-state index in [2.05, 4.69) is 17.1 Å². The van der Waals surface area contributed by atoms with E-state index in [0.29, 0.717) is 6.54 Å². The Hall–Kier alpha value is -0.610. The van der Waals surface area contributed by atoms with Gasteiger partial charge in [-0.05, 0) is 37.8 Å². The number of carbonyl (C=O) groups is 1. The predicted molar refractivity (Wildman–Crippen MR) is 68.8 cm³/mol. The molecule has 1 aliphatic carbocycles. The zero-order valence-electron chi connectivity index (χ0n) is 11.1. The van der Waals surface area contributed by atoms with Gasteiger partial charge in [-0.3, -0.25) is 9.69 Å². The van der Waals surface area contributed by atoms with Crippen molar-refractivity contribution in [3.05, 3.63) is 0 Å². The van der Waals surface area contributed by atoms with Gasteiger partial charge < -0.3 is 10.2 Å². The molecule has 1 heterocycles. The van der Waals surface area contributed by atoms with Crippen LogP contribution in [0.25, 0.3) is 0 Å². The fourth-order valence-electron chi connectivity index (χ4n) is 2.48. The summed E-state index contributed by atoms with van der Waals surface area (Å²) in [5, 5.41) is 3.36. The van der Waals surface area contributed by atoms with E-state index in [9.17, 15) is 4.79 Å². The Morgan fingerprint density at radius 3 is 2.88 bits per heavy atom. The number of hydrogen-bond donors (Lipinski definition) is 1. The third kappa shape index (κ3) is 3.96. The normalized spacial score (nSPS) is 29.8. The van der Waals surface area contributed by atoms with Gasteiger partial charge in [0.2, 0.25) is 5.91 Å². The molecule has 1 aliphatic heterocycles. The smallest absolute Gasteiger partial charge is 0.236 e. The number of likely N-dealkylation sites (N-methyl/N-ethyl adjacent to an activating group) is 1. The Balaban J connectivity index is 1.71. The maximum atomic E-state index is 12.1. The summed E-state index contributed by atoms with van der Waals surface area (Å²) in [5.41, 5.74) is 0. The molecule has 0 bridgehead atoms. The monoisotopic (exact) mass is 239 g/mol. The quantitative estimate of drug-likeness (QED) is 0.771. The first-order valence-corrected chi connectivity index (χ1v) is 6.84. The molecule has 0 aromatic rings. The summed E-state index contributed by atoms with van der Waals surface area (Å²) in [4.78, 5) is 16.3. The van der Waals surface area contributed by atoms with E-state index in [4.69, 9.17) is 0 Å². The van der Waals surface area contributed by atoms with Crippen LogP contribution in [0.4, 0.5) is 0 Å². The second kappa shape index (κ2) is 5.83. The highest BCUT2D eigenvalue weighted by atomic mass is 16.2. The third-order valence-electron chi connectivity index (χ3n) is 4.00. The van der Waals surface area contributed by atoms with Crippen molar-refractivity contribution in [1.29, 1.82) is 0 Å². The van der Waals surface area contributed by atoms with Crippen LogP contribution in [-0.4, -0.2) is 62.0 Å². The average Bonchev–Trinajstić information content (AvgIpc) is 3.03. The Labute approximate surface area is 104 Å². The topological polar surface area (TPSA) is 35.6 Å². The number of nitrogens with zero attached hydrogens (tertiary/aromatic N) is 2. The summed E-state index contributed by atoms with van der Waals surface area (Å²) < 4.78 is 0. The summed E-state index contributed by atoms with van der Waals surface area (Å²) in [6.07, 6.45) is 2.45. The maximum absolute atomic E-state index is 12.1. The van der Waals surface area contributed by atoms with Gasteiger partial charge >= 0.3 is 0 Å². The van der Waals surface area contributed by atoms with Gasteiger partial charge in [0.25, 0.3) is 0 Å². The molecule has 2 fully saturated rings. The third-order valence-corrected chi connectivity index (χ3v) is 4.00. The van der Waals surface area contributed by atoms with Crippen molar-refractivity contribution in [2.24, 2.45) is 11.8 Å². The van der Waals surface area contributed by atoms with Gasteiger partial charge in [-0.2, -0.15) is 0 Å². The molecule has 2 unspecified atom stereocenters. The minimum atomic E-state index is 0.283. The van der Waals surface area contributed by atoms with Gasteiger partial charge in [0.1, 0.15) is 0 Å². The lowest BCUT2D eigenvalue weighted by molar-refractivity contribution is -0.131. The molecule has 2 atom stereocenters. The zero-order valence-corrected chi connectivity index (χ0v) is 11.1. The van der Waals surface area contributed by atoms with Crippen LogP contribution in [0.1, 0.15) is 19.8 Å². The van der Waals surface area contributed by atoms with Crippen LogP contribution >= 0.6 is 0 Å². The number of amides is 1. The zero-order chi connectivity index (χ0) is 12.3. The van der Waals surface area contributed by atoms with E-state index in [1.165, 1.54) is 6.42 Å². The Kier molecular flexibility index (Phi) is 4.40. The van der Waals surface area contributed by atoms with Gasteiger partial charge in [-0.1, -0.05) is 6.92 Å². The first-order valence-electron chi connectivity index (χ1n) is 6.84. The minimum Gasteiger partial charge on any atom is -0.344 e. The highest BCUT2D eigenvalue weighted by molar-refractivity contribution is 5.78. The van der Waals surface area contributed by atoms with Crippen LogP contribution in [0.5, 0.6) is 0 Å². The molecule has 1 saturated carbocycles. The van der Waals surface area contributed by atoms with E-state index in [1.54, 1.807) is 0 Å². The minimum absolute atomic E-state index is 0.283. The van der Waals surface area contributed by atoms with Crippen LogP contribution in [0.3, 0.4) is 0 Å². The molecule has 98 valence electrons. The van der Waals surface area contributed by atoms with Crippen LogP contribution in [0.15, 0.2) is 0 Å². The van der Waals surface area contributed by atoms with Crippen molar-refractivity contribution in [1.82, 2.24) is 15.1 Å². The first kappa shape index (κ1) is 12.8. The molecule has 17 heavy (non-hydrogen) atoms. The second-order valence-corrected chi connectivity index (χ2v) is 5.63. The molecule has 2 aliphatic rings. The van der Waals surface area contributed by atoms with E-state index in [1.807, 2.05) is 11.9 Å². The van der Waals surface area contributed by atoms with Crippen molar-refractivity contribution in [3.8, 4) is 0 Å². The lowest BCUT2D eigenvalue weighted by Crippen LogP contribution is -2.40. The van der Waals surface area contributed by atoms with Crippen molar-refractivity contribution in [2.45, 2.75) is 19.8 Å². The lowest BCUT2D eigenvalue weighted by Gasteiger charge is -2.23. The SMILES string of the molecule is CC1CC1CN(C)C(=O)CN1CCCNCC1. The van der Waals surface area contributed by atoms with Gasteiger partial charge in [0.15, 0.2) is 0 Å². The number of hydrogen-bond acceptors (Lipinski definition) is 3. The molecule has 1 amide bonds. The first-order chi connectivity index (χ1) is 8.16. The maximum Gasteiger partial charge on any atom is 0.236 e. The summed E-state index contributed by atoms with van der Waals surface area (Å²) in [5.74, 6) is 1.87. The number of nitrogens with one attached hydrogen (secondary N) is 1. The van der Waals surface area contributed by atoms with E-state index < -0.39 is 0 Å². The molecular formula is C13H25N3O. The predicted octanol–water partition coefficient (Wildman–Crippen LogP) is 0.396. The van der Waals surface area contributed by atoms with Crippen molar-refractivity contribution < 1.29 is 4.79 Å². The summed E-state index contributed by atoms with van der Waals surface area (Å²) in [6, 6.07) is 0. The van der Waals surface area contributed by atoms with Crippen molar-refractivity contribution >= 4 is 5.91 Å². The van der Waals surface area contributed by atoms with Gasteiger partial charge in [-0.15, -0.1) is 0 Å². The number of carbonyl (C=O) groups excluding carboxylic acids is 1. The lowest BCUT2D eigenvalue weighted by atomic mass is 10.3. The Morgan fingerprint density at radius 1 is 1.41 bits per heavy atom. The van der Waals surface area contributed by atoms with Gasteiger partial charge in [0.05, 0.1) is 6.54 Å². The average molecular weight is 239 g/mol. The van der Waals surface area contributed by atoms with E-state index >= 15 is 0 Å². The fourth-order valence-corrected chi connectivity index (χ4v) is 2.48. The summed E-state index contributed by atoms with van der Waals surface area (Å²) >= 11 is 0. The Bertz CT molecular complexity index is 261. The molecule has 0 radical (unpaired) electrons. The molecule has 0 aromatic heterocycles. The molecule has 1 saturated heterocycles. The molecule has 1 N–H and O–H groups in total. The highest BCUT2D eigenvalue weighted by Crippen LogP contribution is 2.37. The van der Waals surface area contributed by atoms with Crippen LogP contribution < -0.4 is 5.32 Å². The molecule has 4 nitrogen and oxygen atoms in total. The van der Waals surface area contributed by atoms with Crippen LogP contribution in [-0.2, 0) is 4.79 Å². The largest absolute Gasteiger partial charge is 0.344 e. The second-order valence-electron chi connectivity index (χ2n) is 5.63. The van der Waals surface area contributed by atoms with Gasteiger partial charge in [0, 0.05) is 26.7 Å². The number of rotatable bonds is 4. The molecular weight excluding hydrogens is 214 g/mol. The molecule has 2 rings (SSSR count). The van der Waals surface area contributed by atoms with Crippen molar-refractivity contribution in [2.75, 3.05) is 46.3 Å². The van der Waals surface area contributed by atoms with Crippen LogP contribution in [0.2, 0.25) is 0 Å². The fraction of sp³-hybridized carbons (Fsp3) is 0.923. The van der Waals surface area contributed by atoms with Crippen LogP contribution in [0, 0.1) is 11.8 Å². The molecule has 4 heteroatoms.